The zero-order valence-electron chi connectivity index (χ0n) is 13.4. The monoisotopic (exact) mass is 318 g/mol. The standard InChI is InChI=1S/C17H21BFO2P/c1-5-13-10-14(19)7-8-15(13)17(21)22(18)16(12(4)20)9-6-11(2)3/h5,7-8,10,16H,1-2,6,9,18H2,3-4H3. The molecule has 0 bridgehead atoms. The topological polar surface area (TPSA) is 34.1 Å². The van der Waals surface area contributed by atoms with Gasteiger partial charge in [-0.2, -0.15) is 0 Å². The van der Waals surface area contributed by atoms with E-state index < -0.39 is 13.6 Å². The van der Waals surface area contributed by atoms with Crippen LogP contribution in [0.25, 0.3) is 6.08 Å². The average Bonchev–Trinajstić information content (AvgIpc) is 2.45. The molecule has 116 valence electrons. The van der Waals surface area contributed by atoms with E-state index in [9.17, 15) is 14.0 Å². The predicted molar refractivity (Wildman–Crippen MR) is 94.8 cm³/mol. The maximum absolute atomic E-state index is 13.3. The number of ketones is 1. The molecule has 0 aromatic heterocycles. The van der Waals surface area contributed by atoms with E-state index in [1.54, 1.807) is 0 Å². The van der Waals surface area contributed by atoms with Crippen LogP contribution in [-0.4, -0.2) is 24.5 Å². The molecule has 0 saturated heterocycles. The van der Waals surface area contributed by atoms with Gasteiger partial charge in [-0.3, -0.25) is 9.59 Å². The molecule has 0 aliphatic heterocycles. The quantitative estimate of drug-likeness (QED) is 0.413. The number of hydrogen-bond donors (Lipinski definition) is 0. The first-order valence-corrected chi connectivity index (χ1v) is 8.97. The molecule has 0 spiro atoms. The molecule has 22 heavy (non-hydrogen) atoms. The fraction of sp³-hybridized carbons (Fsp3) is 0.294. The molecule has 0 saturated carbocycles. The largest absolute Gasteiger partial charge is 0.299 e. The lowest BCUT2D eigenvalue weighted by molar-refractivity contribution is -0.116. The summed E-state index contributed by atoms with van der Waals surface area (Å²) in [6.07, 6.45) is 2.82. The van der Waals surface area contributed by atoms with Crippen LogP contribution in [0.3, 0.4) is 0 Å². The number of rotatable bonds is 8. The van der Waals surface area contributed by atoms with Crippen LogP contribution in [-0.2, 0) is 4.79 Å². The second-order valence-electron chi connectivity index (χ2n) is 5.47. The van der Waals surface area contributed by atoms with Crippen molar-refractivity contribution in [2.75, 3.05) is 0 Å². The van der Waals surface area contributed by atoms with Gasteiger partial charge in [0.2, 0.25) is 0 Å². The third-order valence-corrected chi connectivity index (χ3v) is 6.00. The number of allylic oxidation sites excluding steroid dienone is 1. The summed E-state index contributed by atoms with van der Waals surface area (Å²) in [4.78, 5) is 24.6. The number of Topliss-reactive ketones (excluding diaryl/α,β-unsaturated/α-hetero) is 1. The van der Waals surface area contributed by atoms with Crippen molar-refractivity contribution in [2.24, 2.45) is 0 Å². The number of hydrogen-bond acceptors (Lipinski definition) is 2. The van der Waals surface area contributed by atoms with Gasteiger partial charge in [0.15, 0.2) is 5.52 Å². The molecule has 0 amide bonds. The third kappa shape index (κ3) is 4.74. The van der Waals surface area contributed by atoms with Gasteiger partial charge in [0, 0.05) is 11.2 Å². The van der Waals surface area contributed by atoms with E-state index in [1.807, 2.05) is 14.5 Å². The van der Waals surface area contributed by atoms with E-state index in [-0.39, 0.29) is 17.0 Å². The summed E-state index contributed by atoms with van der Waals surface area (Å²) in [6.45, 7) is 10.9. The Morgan fingerprint density at radius 2 is 2.05 bits per heavy atom. The highest BCUT2D eigenvalue weighted by atomic mass is 31.1. The van der Waals surface area contributed by atoms with Crippen molar-refractivity contribution in [1.29, 1.82) is 0 Å². The smallest absolute Gasteiger partial charge is 0.176 e. The average molecular weight is 318 g/mol. The van der Waals surface area contributed by atoms with Crippen molar-refractivity contribution in [3.63, 3.8) is 0 Å². The Balaban J connectivity index is 3.05. The van der Waals surface area contributed by atoms with Crippen LogP contribution >= 0.6 is 7.80 Å². The number of benzene rings is 1. The van der Waals surface area contributed by atoms with E-state index in [1.165, 1.54) is 31.2 Å². The van der Waals surface area contributed by atoms with Gasteiger partial charge in [-0.15, -0.1) is 6.58 Å². The van der Waals surface area contributed by atoms with Gasteiger partial charge in [0.05, 0.1) is 0 Å². The van der Waals surface area contributed by atoms with Gasteiger partial charge in [-0.25, -0.2) is 4.39 Å². The number of halogens is 1. The maximum Gasteiger partial charge on any atom is 0.176 e. The highest BCUT2D eigenvalue weighted by molar-refractivity contribution is 7.97. The number of carbonyl (C=O) groups excluding carboxylic acids is 2. The molecule has 2 nitrogen and oxygen atoms in total. The lowest BCUT2D eigenvalue weighted by Gasteiger charge is -2.22. The summed E-state index contributed by atoms with van der Waals surface area (Å²) >= 11 is 0. The Labute approximate surface area is 133 Å². The predicted octanol–water partition coefficient (Wildman–Crippen LogP) is 3.95. The summed E-state index contributed by atoms with van der Waals surface area (Å²) in [7, 11) is 0.635. The van der Waals surface area contributed by atoms with E-state index in [2.05, 4.69) is 13.2 Å². The van der Waals surface area contributed by atoms with Crippen LogP contribution in [0.5, 0.6) is 0 Å². The van der Waals surface area contributed by atoms with Crippen molar-refractivity contribution in [1.82, 2.24) is 0 Å². The third-order valence-electron chi connectivity index (χ3n) is 3.57. The Kier molecular flexibility index (Phi) is 6.89. The lowest BCUT2D eigenvalue weighted by atomic mass is 10.1. The molecule has 0 N–H and O–H groups in total. The highest BCUT2D eigenvalue weighted by Crippen LogP contribution is 2.43. The van der Waals surface area contributed by atoms with E-state index in [4.69, 9.17) is 0 Å². The molecule has 0 heterocycles. The lowest BCUT2D eigenvalue weighted by Crippen LogP contribution is -2.20. The molecule has 0 aliphatic carbocycles. The molecule has 1 aromatic carbocycles. The second kappa shape index (κ2) is 8.19. The molecule has 0 radical (unpaired) electrons. The molecular formula is C17H21BFO2P. The number of carbonyl (C=O) groups is 2. The normalized spacial score (nSPS) is 13.2. The van der Waals surface area contributed by atoms with Crippen LogP contribution < -0.4 is 0 Å². The molecule has 5 heteroatoms. The molecular weight excluding hydrogens is 297 g/mol. The van der Waals surface area contributed by atoms with Gasteiger partial charge >= 0.3 is 0 Å². The first-order valence-electron chi connectivity index (χ1n) is 7.12. The van der Waals surface area contributed by atoms with Crippen LogP contribution in [0.2, 0.25) is 0 Å². The summed E-state index contributed by atoms with van der Waals surface area (Å²) in [5.41, 5.74) is 1.53. The van der Waals surface area contributed by atoms with Gasteiger partial charge in [0.25, 0.3) is 0 Å². The molecule has 0 aliphatic rings. The Hall–Kier alpha value is -1.54. The minimum atomic E-state index is -1.18. The fourth-order valence-electron chi connectivity index (χ4n) is 2.28. The Morgan fingerprint density at radius 1 is 1.41 bits per heavy atom. The van der Waals surface area contributed by atoms with E-state index in [0.29, 0.717) is 17.5 Å². The minimum Gasteiger partial charge on any atom is -0.299 e. The van der Waals surface area contributed by atoms with E-state index >= 15 is 0 Å². The summed E-state index contributed by atoms with van der Waals surface area (Å²) in [5, 5.41) is 0. The first-order chi connectivity index (χ1) is 10.3. The van der Waals surface area contributed by atoms with Gasteiger partial charge in [-0.05, 0) is 50.5 Å². The maximum atomic E-state index is 13.3. The van der Waals surface area contributed by atoms with Crippen molar-refractivity contribution in [3.05, 3.63) is 53.9 Å². The van der Waals surface area contributed by atoms with Crippen molar-refractivity contribution < 1.29 is 14.0 Å². The summed E-state index contributed by atoms with van der Waals surface area (Å²) in [5.74, 6) is -0.386. The van der Waals surface area contributed by atoms with Crippen molar-refractivity contribution in [3.8, 4) is 0 Å². The fourth-order valence-corrected chi connectivity index (χ4v) is 4.21. The van der Waals surface area contributed by atoms with Crippen LogP contribution in [0, 0.1) is 5.82 Å². The van der Waals surface area contributed by atoms with E-state index in [0.717, 1.165) is 12.0 Å². The molecule has 2 unspecified atom stereocenters. The second-order valence-corrected chi connectivity index (χ2v) is 7.73. The SMILES string of the molecule is BP(C(=O)c1ccc(F)cc1C=C)C(CCC(=C)C)C(C)=O. The Bertz CT molecular complexity index is 613. The van der Waals surface area contributed by atoms with Crippen molar-refractivity contribution >= 4 is 32.7 Å². The minimum absolute atomic E-state index is 0.0190. The molecule has 1 aromatic rings. The summed E-state index contributed by atoms with van der Waals surface area (Å²) < 4.78 is 13.3. The first kappa shape index (κ1) is 18.5. The zero-order valence-corrected chi connectivity index (χ0v) is 14.3. The van der Waals surface area contributed by atoms with Gasteiger partial charge in [-0.1, -0.05) is 26.0 Å². The van der Waals surface area contributed by atoms with Crippen LogP contribution in [0.4, 0.5) is 4.39 Å². The van der Waals surface area contributed by atoms with Gasteiger partial charge in [0.1, 0.15) is 19.2 Å². The molecule has 0 fully saturated rings. The van der Waals surface area contributed by atoms with Crippen LogP contribution in [0.1, 0.15) is 42.6 Å². The molecule has 1 rings (SSSR count). The summed E-state index contributed by atoms with van der Waals surface area (Å²) in [6, 6.07) is 4.03. The Morgan fingerprint density at radius 3 is 2.55 bits per heavy atom. The highest BCUT2D eigenvalue weighted by Gasteiger charge is 2.28. The van der Waals surface area contributed by atoms with Crippen LogP contribution in [0.15, 0.2) is 36.9 Å². The van der Waals surface area contributed by atoms with Crippen molar-refractivity contribution in [2.45, 2.75) is 32.3 Å². The van der Waals surface area contributed by atoms with Gasteiger partial charge < -0.3 is 0 Å². The molecule has 2 atom stereocenters. The zero-order chi connectivity index (χ0) is 16.9.